The number of aryl methyl sites for hydroxylation is 1. The van der Waals surface area contributed by atoms with E-state index in [9.17, 15) is 4.79 Å². The lowest BCUT2D eigenvalue weighted by Crippen LogP contribution is -2.24. The molecule has 0 fully saturated rings. The molecule has 0 amide bonds. The van der Waals surface area contributed by atoms with Crippen molar-refractivity contribution in [1.29, 1.82) is 0 Å². The normalized spacial score (nSPS) is 17.8. The van der Waals surface area contributed by atoms with Crippen LogP contribution in [0.25, 0.3) is 4.91 Å². The molecule has 0 bridgehead atoms. The summed E-state index contributed by atoms with van der Waals surface area (Å²) in [7, 11) is 1.88. The third-order valence-corrected chi connectivity index (χ3v) is 4.06. The van der Waals surface area contributed by atoms with Gasteiger partial charge in [-0.15, -0.1) is 0 Å². The largest absolute Gasteiger partial charge is 0.463 e. The van der Waals surface area contributed by atoms with Gasteiger partial charge in [0.2, 0.25) is 0 Å². The molecule has 0 aromatic carbocycles. The first-order valence-electron chi connectivity index (χ1n) is 6.00. The average molecular weight is 278 g/mol. The minimum absolute atomic E-state index is 0.249. The molecule has 2 aliphatic heterocycles. The summed E-state index contributed by atoms with van der Waals surface area (Å²) < 4.78 is 6.82. The number of ether oxygens (including phenoxy) is 1. The van der Waals surface area contributed by atoms with Gasteiger partial charge in [-0.1, -0.05) is 11.8 Å². The lowest BCUT2D eigenvalue weighted by atomic mass is 10.3. The number of carbonyl (C=O) groups excluding carboxylic acids is 1. The second-order valence-electron chi connectivity index (χ2n) is 4.21. The molecule has 3 rings (SSSR count). The van der Waals surface area contributed by atoms with Gasteiger partial charge >= 0.3 is 5.97 Å². The second-order valence-corrected chi connectivity index (χ2v) is 5.24. The van der Waals surface area contributed by atoms with Crippen LogP contribution in [0.1, 0.15) is 12.5 Å². The van der Waals surface area contributed by atoms with E-state index in [-0.39, 0.29) is 5.97 Å². The minimum Gasteiger partial charge on any atom is -0.463 e. The smallest absolute Gasteiger partial charge is 0.338 e. The number of fused-ring (bicyclic) bond motifs is 1. The average Bonchev–Trinajstić information content (AvgIpc) is 3.02. The van der Waals surface area contributed by atoms with E-state index in [2.05, 4.69) is 10.5 Å². The van der Waals surface area contributed by atoms with Crippen LogP contribution in [0.5, 0.6) is 0 Å². The van der Waals surface area contributed by atoms with Crippen molar-refractivity contribution in [2.24, 2.45) is 7.05 Å². The number of esters is 1. The number of hydrogen-bond acceptors (Lipinski definition) is 6. The quantitative estimate of drug-likeness (QED) is 0.834. The van der Waals surface area contributed by atoms with Crippen LogP contribution < -0.4 is 5.43 Å². The van der Waals surface area contributed by atoms with Crippen LogP contribution in [0.4, 0.5) is 0 Å². The molecule has 100 valence electrons. The Hall–Kier alpha value is -1.73. The fourth-order valence-electron chi connectivity index (χ4n) is 1.98. The standard InChI is InChI=1S/C12H14N4O2S/c1-3-18-12(17)9-5-14-16-7-10(19-11(9)16)8-4-13-15(2)6-8/h4,6-7,14H,3,5H2,1-2H3. The summed E-state index contributed by atoms with van der Waals surface area (Å²) in [6.45, 7) is 2.71. The van der Waals surface area contributed by atoms with E-state index in [4.69, 9.17) is 4.74 Å². The number of nitrogens with zero attached hydrogens (tertiary/aromatic N) is 3. The monoisotopic (exact) mass is 278 g/mol. The summed E-state index contributed by atoms with van der Waals surface area (Å²) >= 11 is 1.56. The van der Waals surface area contributed by atoms with Gasteiger partial charge in [0.1, 0.15) is 5.03 Å². The van der Waals surface area contributed by atoms with Crippen molar-refractivity contribution in [2.45, 2.75) is 6.92 Å². The molecule has 0 radical (unpaired) electrons. The Balaban J connectivity index is 1.84. The summed E-state index contributed by atoms with van der Waals surface area (Å²) in [6.07, 6.45) is 5.74. The molecule has 0 saturated heterocycles. The molecule has 6 nitrogen and oxygen atoms in total. The van der Waals surface area contributed by atoms with E-state index in [1.807, 2.05) is 37.6 Å². The van der Waals surface area contributed by atoms with Gasteiger partial charge in [-0.25, -0.2) is 10.2 Å². The maximum Gasteiger partial charge on any atom is 0.338 e. The predicted molar refractivity (Wildman–Crippen MR) is 72.3 cm³/mol. The van der Waals surface area contributed by atoms with E-state index in [0.717, 1.165) is 15.5 Å². The summed E-state index contributed by atoms with van der Waals surface area (Å²) in [4.78, 5) is 12.9. The topological polar surface area (TPSA) is 59.4 Å². The third kappa shape index (κ3) is 2.15. The van der Waals surface area contributed by atoms with E-state index in [1.165, 1.54) is 0 Å². The molecule has 0 aliphatic carbocycles. The number of rotatable bonds is 3. The van der Waals surface area contributed by atoms with Gasteiger partial charge in [-0.2, -0.15) is 5.10 Å². The molecule has 7 heteroatoms. The Morgan fingerprint density at radius 1 is 1.63 bits per heavy atom. The van der Waals surface area contributed by atoms with Gasteiger partial charge < -0.3 is 4.74 Å². The van der Waals surface area contributed by atoms with Gasteiger partial charge in [-0.3, -0.25) is 9.69 Å². The zero-order valence-corrected chi connectivity index (χ0v) is 11.5. The number of nitrogens with one attached hydrogen (secondary N) is 1. The van der Waals surface area contributed by atoms with Crippen molar-refractivity contribution in [2.75, 3.05) is 13.2 Å². The number of hydrogen-bond donors (Lipinski definition) is 1. The first-order valence-corrected chi connectivity index (χ1v) is 6.82. The Bertz CT molecular complexity index is 590. The summed E-state index contributed by atoms with van der Waals surface area (Å²) in [5.74, 6) is -0.249. The highest BCUT2D eigenvalue weighted by Crippen LogP contribution is 2.44. The SMILES string of the molecule is CCOC(=O)C1=C2SC(c3cnn(C)c3)=CN2NC1. The molecule has 0 saturated carbocycles. The number of thioether (sulfide) groups is 1. The highest BCUT2D eigenvalue weighted by atomic mass is 32.2. The van der Waals surface area contributed by atoms with Gasteiger partial charge in [0, 0.05) is 29.9 Å². The van der Waals surface area contributed by atoms with Crippen LogP contribution in [0.15, 0.2) is 29.2 Å². The first-order chi connectivity index (χ1) is 9.19. The molecule has 3 heterocycles. The molecule has 1 aromatic heterocycles. The molecule has 1 N–H and O–H groups in total. The van der Waals surface area contributed by atoms with Gasteiger partial charge in [-0.05, 0) is 6.92 Å². The van der Waals surface area contributed by atoms with Crippen molar-refractivity contribution in [3.8, 4) is 0 Å². The van der Waals surface area contributed by atoms with Gasteiger partial charge in [0.05, 0.1) is 24.9 Å². The van der Waals surface area contributed by atoms with Crippen molar-refractivity contribution < 1.29 is 9.53 Å². The Morgan fingerprint density at radius 3 is 3.16 bits per heavy atom. The number of carbonyl (C=O) groups is 1. The Labute approximate surface area is 115 Å². The molecular weight excluding hydrogens is 264 g/mol. The van der Waals surface area contributed by atoms with E-state index in [1.54, 1.807) is 16.4 Å². The van der Waals surface area contributed by atoms with E-state index < -0.39 is 0 Å². The van der Waals surface area contributed by atoms with Crippen LogP contribution in [-0.2, 0) is 16.6 Å². The lowest BCUT2D eigenvalue weighted by molar-refractivity contribution is -0.138. The van der Waals surface area contributed by atoms with Gasteiger partial charge in [0.15, 0.2) is 0 Å². The van der Waals surface area contributed by atoms with Crippen LogP contribution in [0.3, 0.4) is 0 Å². The molecule has 0 atom stereocenters. The third-order valence-electron chi connectivity index (χ3n) is 2.87. The predicted octanol–water partition coefficient (Wildman–Crippen LogP) is 1.06. The highest BCUT2D eigenvalue weighted by molar-refractivity contribution is 8.12. The molecule has 2 aliphatic rings. The fraction of sp³-hybridized carbons (Fsp3) is 0.333. The fourth-order valence-corrected chi connectivity index (χ4v) is 3.06. The summed E-state index contributed by atoms with van der Waals surface area (Å²) in [5.41, 5.74) is 4.87. The highest BCUT2D eigenvalue weighted by Gasteiger charge is 2.33. The molecule has 19 heavy (non-hydrogen) atoms. The van der Waals surface area contributed by atoms with Crippen LogP contribution >= 0.6 is 11.8 Å². The van der Waals surface area contributed by atoms with Crippen molar-refractivity contribution >= 4 is 22.6 Å². The van der Waals surface area contributed by atoms with E-state index in [0.29, 0.717) is 18.7 Å². The Kier molecular flexibility index (Phi) is 3.08. The van der Waals surface area contributed by atoms with Crippen molar-refractivity contribution in [1.82, 2.24) is 20.2 Å². The Morgan fingerprint density at radius 2 is 2.47 bits per heavy atom. The van der Waals surface area contributed by atoms with Crippen molar-refractivity contribution in [3.63, 3.8) is 0 Å². The molecule has 0 unspecified atom stereocenters. The van der Waals surface area contributed by atoms with Gasteiger partial charge in [0.25, 0.3) is 0 Å². The first kappa shape index (κ1) is 12.3. The maximum absolute atomic E-state index is 11.8. The van der Waals surface area contributed by atoms with Crippen LogP contribution in [0, 0.1) is 0 Å². The summed E-state index contributed by atoms with van der Waals surface area (Å²) in [6, 6.07) is 0. The van der Waals surface area contributed by atoms with E-state index >= 15 is 0 Å². The molecule has 1 aromatic rings. The zero-order chi connectivity index (χ0) is 13.4. The lowest BCUT2D eigenvalue weighted by Gasteiger charge is -2.08. The van der Waals surface area contributed by atoms with Crippen LogP contribution in [0.2, 0.25) is 0 Å². The van der Waals surface area contributed by atoms with Crippen molar-refractivity contribution in [3.05, 3.63) is 34.8 Å². The number of hydrazine groups is 1. The minimum atomic E-state index is -0.249. The van der Waals surface area contributed by atoms with Crippen LogP contribution in [-0.4, -0.2) is 33.9 Å². The summed E-state index contributed by atoms with van der Waals surface area (Å²) in [5, 5.41) is 6.93. The molecule has 0 spiro atoms. The molecular formula is C12H14N4O2S. The second kappa shape index (κ2) is 4.75. The number of aromatic nitrogens is 2. The maximum atomic E-state index is 11.8. The zero-order valence-electron chi connectivity index (χ0n) is 10.7.